The molecule has 2 aromatic rings. The summed E-state index contributed by atoms with van der Waals surface area (Å²) >= 11 is 0. The van der Waals surface area contributed by atoms with Crippen molar-refractivity contribution in [1.82, 2.24) is 9.99 Å². The lowest BCUT2D eigenvalue weighted by Crippen LogP contribution is -2.40. The Morgan fingerprint density at radius 2 is 2.25 bits per heavy atom. The molecule has 3 rings (SSSR count). The van der Waals surface area contributed by atoms with Crippen LogP contribution >= 0.6 is 0 Å². The average Bonchev–Trinajstić information content (AvgIpc) is 2.65. The molecular weight excluding hydrogens is 204 g/mol. The van der Waals surface area contributed by atoms with Crippen LogP contribution in [0.5, 0.6) is 0 Å². The van der Waals surface area contributed by atoms with E-state index in [1.807, 2.05) is 25.1 Å². The van der Waals surface area contributed by atoms with Gasteiger partial charge in [0.15, 0.2) is 0 Å². The third kappa shape index (κ3) is 1.02. The standard InChI is InChI=1S/C11H12N4O/c1-6-7-4-10-11(16)13-5-14-15(10)9(7)3-2-8(6)12/h2-4,14H,5,12H2,1H3,(H,13,16). The van der Waals surface area contributed by atoms with Crippen molar-refractivity contribution in [1.29, 1.82) is 0 Å². The minimum Gasteiger partial charge on any atom is -0.398 e. The first-order chi connectivity index (χ1) is 7.68. The van der Waals surface area contributed by atoms with Gasteiger partial charge in [-0.3, -0.25) is 9.47 Å². The van der Waals surface area contributed by atoms with E-state index in [1.54, 1.807) is 4.68 Å². The minimum atomic E-state index is -0.0621. The molecule has 0 atom stereocenters. The van der Waals surface area contributed by atoms with E-state index >= 15 is 0 Å². The first kappa shape index (κ1) is 9.08. The van der Waals surface area contributed by atoms with Crippen LogP contribution in [0.4, 0.5) is 5.69 Å². The molecule has 1 aromatic heterocycles. The number of hydrogen-bond donors (Lipinski definition) is 3. The van der Waals surface area contributed by atoms with E-state index in [1.165, 1.54) is 0 Å². The summed E-state index contributed by atoms with van der Waals surface area (Å²) in [5.41, 5.74) is 12.3. The fourth-order valence-corrected chi connectivity index (χ4v) is 2.07. The van der Waals surface area contributed by atoms with E-state index in [9.17, 15) is 4.79 Å². The summed E-state index contributed by atoms with van der Waals surface area (Å²) < 4.78 is 1.81. The number of anilines is 1. The summed E-state index contributed by atoms with van der Waals surface area (Å²) in [6, 6.07) is 5.65. The molecule has 1 aliphatic rings. The van der Waals surface area contributed by atoms with Crippen molar-refractivity contribution in [3.63, 3.8) is 0 Å². The zero-order valence-electron chi connectivity index (χ0n) is 8.87. The molecule has 82 valence electrons. The lowest BCUT2D eigenvalue weighted by Gasteiger charge is -2.18. The number of carbonyl (C=O) groups excluding carboxylic acids is 1. The summed E-state index contributed by atoms with van der Waals surface area (Å²) in [7, 11) is 0. The number of aromatic nitrogens is 1. The molecule has 16 heavy (non-hydrogen) atoms. The maximum absolute atomic E-state index is 11.6. The first-order valence-electron chi connectivity index (χ1n) is 5.11. The number of nitrogens with zero attached hydrogens (tertiary/aromatic N) is 1. The number of fused-ring (bicyclic) bond motifs is 3. The van der Waals surface area contributed by atoms with Crippen LogP contribution in [0.25, 0.3) is 10.9 Å². The fourth-order valence-electron chi connectivity index (χ4n) is 2.07. The van der Waals surface area contributed by atoms with Crippen LogP contribution in [0, 0.1) is 6.92 Å². The van der Waals surface area contributed by atoms with Crippen LogP contribution < -0.4 is 16.5 Å². The van der Waals surface area contributed by atoms with Gasteiger partial charge in [-0.2, -0.15) is 0 Å². The number of nitrogens with one attached hydrogen (secondary N) is 2. The van der Waals surface area contributed by atoms with E-state index in [4.69, 9.17) is 5.73 Å². The predicted octanol–water partition coefficient (Wildman–Crippen LogP) is 0.776. The molecule has 2 heterocycles. The Morgan fingerprint density at radius 3 is 3.06 bits per heavy atom. The number of rotatable bonds is 0. The van der Waals surface area contributed by atoms with Crippen LogP contribution in [0.2, 0.25) is 0 Å². The summed E-state index contributed by atoms with van der Waals surface area (Å²) in [5.74, 6) is -0.0621. The Hall–Kier alpha value is -2.17. The van der Waals surface area contributed by atoms with Gasteiger partial charge in [0.2, 0.25) is 0 Å². The Kier molecular flexibility index (Phi) is 1.65. The number of hydrogen-bond acceptors (Lipinski definition) is 3. The Bertz CT molecular complexity index is 600. The van der Waals surface area contributed by atoms with Gasteiger partial charge < -0.3 is 16.5 Å². The summed E-state index contributed by atoms with van der Waals surface area (Å²) in [6.45, 7) is 2.40. The van der Waals surface area contributed by atoms with Gasteiger partial charge in [-0.15, -0.1) is 0 Å². The number of benzene rings is 1. The quantitative estimate of drug-likeness (QED) is 0.570. The molecule has 0 spiro atoms. The van der Waals surface area contributed by atoms with E-state index < -0.39 is 0 Å². The Labute approximate surface area is 92.2 Å². The van der Waals surface area contributed by atoms with Gasteiger partial charge in [-0.25, -0.2) is 0 Å². The molecule has 0 aliphatic carbocycles. The van der Waals surface area contributed by atoms with Crippen LogP contribution in [0.3, 0.4) is 0 Å². The second-order valence-corrected chi connectivity index (χ2v) is 3.92. The van der Waals surface area contributed by atoms with E-state index in [0.717, 1.165) is 22.2 Å². The van der Waals surface area contributed by atoms with E-state index in [0.29, 0.717) is 12.4 Å². The van der Waals surface area contributed by atoms with Crippen LogP contribution in [-0.2, 0) is 0 Å². The average molecular weight is 216 g/mol. The first-order valence-corrected chi connectivity index (χ1v) is 5.11. The molecule has 5 nitrogen and oxygen atoms in total. The van der Waals surface area contributed by atoms with Crippen molar-refractivity contribution in [2.75, 3.05) is 17.8 Å². The normalized spacial score (nSPS) is 14.4. The van der Waals surface area contributed by atoms with Gasteiger partial charge in [-0.05, 0) is 30.7 Å². The molecule has 1 aliphatic heterocycles. The second kappa shape index (κ2) is 2.91. The van der Waals surface area contributed by atoms with Crippen molar-refractivity contribution in [3.05, 3.63) is 29.5 Å². The third-order valence-corrected chi connectivity index (χ3v) is 3.02. The van der Waals surface area contributed by atoms with Crippen molar-refractivity contribution < 1.29 is 4.79 Å². The Morgan fingerprint density at radius 1 is 1.44 bits per heavy atom. The van der Waals surface area contributed by atoms with E-state index in [2.05, 4.69) is 10.7 Å². The highest BCUT2D eigenvalue weighted by atomic mass is 16.2. The van der Waals surface area contributed by atoms with Crippen LogP contribution in [0.15, 0.2) is 18.2 Å². The smallest absolute Gasteiger partial charge is 0.271 e. The van der Waals surface area contributed by atoms with Gasteiger partial charge >= 0.3 is 0 Å². The molecule has 0 radical (unpaired) electrons. The van der Waals surface area contributed by atoms with Gasteiger partial charge in [0.25, 0.3) is 5.91 Å². The van der Waals surface area contributed by atoms with Crippen molar-refractivity contribution in [3.8, 4) is 0 Å². The van der Waals surface area contributed by atoms with Crippen LogP contribution in [-0.4, -0.2) is 17.3 Å². The van der Waals surface area contributed by atoms with Crippen LogP contribution in [0.1, 0.15) is 16.1 Å². The Balaban J connectivity index is 2.40. The van der Waals surface area contributed by atoms with Crippen molar-refractivity contribution in [2.24, 2.45) is 0 Å². The SMILES string of the molecule is Cc1c(N)ccc2c1cc1n2NCNC1=O. The highest BCUT2D eigenvalue weighted by Gasteiger charge is 2.20. The zero-order chi connectivity index (χ0) is 11.3. The number of amides is 1. The number of nitrogens with two attached hydrogens (primary N) is 1. The predicted molar refractivity (Wildman–Crippen MR) is 62.8 cm³/mol. The maximum Gasteiger partial charge on any atom is 0.271 e. The molecule has 0 saturated heterocycles. The minimum absolute atomic E-state index is 0.0621. The zero-order valence-corrected chi connectivity index (χ0v) is 8.87. The molecule has 1 aromatic carbocycles. The number of carbonyl (C=O) groups is 1. The molecule has 0 saturated carbocycles. The van der Waals surface area contributed by atoms with E-state index in [-0.39, 0.29) is 5.91 Å². The summed E-state index contributed by atoms with van der Waals surface area (Å²) in [4.78, 5) is 11.6. The monoisotopic (exact) mass is 216 g/mol. The second-order valence-electron chi connectivity index (χ2n) is 3.92. The summed E-state index contributed by atoms with van der Waals surface area (Å²) in [5, 5.41) is 3.74. The largest absolute Gasteiger partial charge is 0.398 e. The highest BCUT2D eigenvalue weighted by molar-refractivity contribution is 6.01. The highest BCUT2D eigenvalue weighted by Crippen LogP contribution is 2.26. The molecule has 0 bridgehead atoms. The van der Waals surface area contributed by atoms with Gasteiger partial charge in [0.05, 0.1) is 5.52 Å². The van der Waals surface area contributed by atoms with Gasteiger partial charge in [0, 0.05) is 11.1 Å². The number of aryl methyl sites for hydroxylation is 1. The van der Waals surface area contributed by atoms with Crippen molar-refractivity contribution >= 4 is 22.5 Å². The molecule has 5 heteroatoms. The molecular formula is C11H12N4O. The molecule has 1 amide bonds. The molecule has 4 N–H and O–H groups in total. The fraction of sp³-hybridized carbons (Fsp3) is 0.182. The lowest BCUT2D eigenvalue weighted by atomic mass is 10.1. The van der Waals surface area contributed by atoms with Gasteiger partial charge in [0.1, 0.15) is 12.4 Å². The maximum atomic E-state index is 11.6. The van der Waals surface area contributed by atoms with Crippen molar-refractivity contribution in [2.45, 2.75) is 6.92 Å². The molecule has 0 unspecified atom stereocenters. The molecule has 0 fully saturated rings. The topological polar surface area (TPSA) is 72.1 Å². The third-order valence-electron chi connectivity index (χ3n) is 3.02. The summed E-state index contributed by atoms with van der Waals surface area (Å²) in [6.07, 6.45) is 0. The number of nitrogen functional groups attached to an aromatic ring is 1. The van der Waals surface area contributed by atoms with Gasteiger partial charge in [-0.1, -0.05) is 0 Å². The lowest BCUT2D eigenvalue weighted by molar-refractivity contribution is 0.0937.